The third-order valence-electron chi connectivity index (χ3n) is 3.07. The lowest BCUT2D eigenvalue weighted by Crippen LogP contribution is -2.39. The number of carbonyl (C=O) groups is 2. The summed E-state index contributed by atoms with van der Waals surface area (Å²) in [5, 5.41) is 8.90. The van der Waals surface area contributed by atoms with Gasteiger partial charge in [-0.2, -0.15) is 0 Å². The predicted octanol–water partition coefficient (Wildman–Crippen LogP) is 2.43. The number of amides is 1. The third-order valence-corrected chi connectivity index (χ3v) is 3.07. The fourth-order valence-electron chi connectivity index (χ4n) is 2.16. The first-order chi connectivity index (χ1) is 8.91. The molecule has 1 aliphatic heterocycles. The molecule has 0 unspecified atom stereocenters. The maximum atomic E-state index is 13.0. The van der Waals surface area contributed by atoms with Crippen LogP contribution in [-0.2, 0) is 0 Å². The Hall–Kier alpha value is -2.05. The monoisotopic (exact) mass is 273 g/mol. The van der Waals surface area contributed by atoms with Gasteiger partial charge in [-0.05, 0) is 25.0 Å². The number of ketones is 1. The Balaban J connectivity index is 2.32. The Kier molecular flexibility index (Phi) is 3.46. The van der Waals surface area contributed by atoms with E-state index in [4.69, 9.17) is 5.11 Å². The van der Waals surface area contributed by atoms with E-state index in [1.54, 1.807) is 0 Å². The first kappa shape index (κ1) is 13.4. The summed E-state index contributed by atoms with van der Waals surface area (Å²) < 4.78 is 38.9. The van der Waals surface area contributed by atoms with Gasteiger partial charge in [0.25, 0.3) is 0 Å². The van der Waals surface area contributed by atoms with E-state index in [0.717, 1.165) is 4.90 Å². The molecule has 19 heavy (non-hydrogen) atoms. The van der Waals surface area contributed by atoms with E-state index in [1.807, 2.05) is 0 Å². The molecule has 2 rings (SSSR count). The summed E-state index contributed by atoms with van der Waals surface area (Å²) >= 11 is 0. The molecule has 7 heteroatoms. The molecule has 0 saturated carbocycles. The molecule has 1 heterocycles. The van der Waals surface area contributed by atoms with Crippen molar-refractivity contribution in [2.24, 2.45) is 0 Å². The lowest BCUT2D eigenvalue weighted by molar-refractivity contribution is 0.0844. The molecule has 1 amide bonds. The van der Waals surface area contributed by atoms with Crippen LogP contribution >= 0.6 is 0 Å². The summed E-state index contributed by atoms with van der Waals surface area (Å²) in [4.78, 5) is 23.8. The van der Waals surface area contributed by atoms with Crippen molar-refractivity contribution in [1.29, 1.82) is 0 Å². The summed E-state index contributed by atoms with van der Waals surface area (Å²) in [5.41, 5.74) is -0.366. The van der Waals surface area contributed by atoms with Gasteiger partial charge in [-0.15, -0.1) is 0 Å². The lowest BCUT2D eigenvalue weighted by atomic mass is 10.0. The molecule has 1 saturated heterocycles. The van der Waals surface area contributed by atoms with Gasteiger partial charge in [-0.1, -0.05) is 0 Å². The van der Waals surface area contributed by atoms with Crippen molar-refractivity contribution < 1.29 is 27.9 Å². The van der Waals surface area contributed by atoms with Gasteiger partial charge in [0.15, 0.2) is 23.2 Å². The molecule has 102 valence electrons. The molecule has 1 atom stereocenters. The standard InChI is InChI=1S/C12H10F3NO3/c13-7-4-6(5-8(14)10(7)15)11(17)9-2-1-3-16(9)12(18)19/h4-5,9H,1-3H2,(H,18,19)/t9-/m1/s1. The van der Waals surface area contributed by atoms with E-state index in [1.165, 1.54) is 0 Å². The zero-order valence-electron chi connectivity index (χ0n) is 9.70. The first-order valence-electron chi connectivity index (χ1n) is 5.60. The summed E-state index contributed by atoms with van der Waals surface area (Å²) in [6.45, 7) is 0.192. The van der Waals surface area contributed by atoms with Gasteiger partial charge in [0, 0.05) is 12.1 Å². The molecule has 0 aromatic heterocycles. The highest BCUT2D eigenvalue weighted by Gasteiger charge is 2.35. The van der Waals surface area contributed by atoms with Crippen LogP contribution in [0.15, 0.2) is 12.1 Å². The zero-order chi connectivity index (χ0) is 14.2. The number of carbonyl (C=O) groups excluding carboxylic acids is 1. The highest BCUT2D eigenvalue weighted by Crippen LogP contribution is 2.23. The van der Waals surface area contributed by atoms with E-state index in [-0.39, 0.29) is 18.5 Å². The topological polar surface area (TPSA) is 57.6 Å². The number of hydrogen-bond acceptors (Lipinski definition) is 2. The van der Waals surface area contributed by atoms with Crippen LogP contribution in [0.2, 0.25) is 0 Å². The van der Waals surface area contributed by atoms with Gasteiger partial charge in [-0.25, -0.2) is 18.0 Å². The molecule has 0 spiro atoms. The summed E-state index contributed by atoms with van der Waals surface area (Å²) in [5.74, 6) is -5.32. The van der Waals surface area contributed by atoms with Crippen molar-refractivity contribution in [3.05, 3.63) is 35.1 Å². The molecule has 0 aliphatic carbocycles. The van der Waals surface area contributed by atoms with Gasteiger partial charge in [0.05, 0.1) is 6.04 Å². The lowest BCUT2D eigenvalue weighted by Gasteiger charge is -2.20. The summed E-state index contributed by atoms with van der Waals surface area (Å²) in [6, 6.07) is 0.194. The molecular formula is C12H10F3NO3. The van der Waals surface area contributed by atoms with Crippen molar-refractivity contribution in [3.8, 4) is 0 Å². The SMILES string of the molecule is O=C(c1cc(F)c(F)c(F)c1)[C@H]1CCCN1C(=O)O. The highest BCUT2D eigenvalue weighted by atomic mass is 19.2. The number of nitrogens with zero attached hydrogens (tertiary/aromatic N) is 1. The largest absolute Gasteiger partial charge is 0.465 e. The van der Waals surface area contributed by atoms with E-state index in [9.17, 15) is 22.8 Å². The number of hydrogen-bond donors (Lipinski definition) is 1. The van der Waals surface area contributed by atoms with Gasteiger partial charge in [-0.3, -0.25) is 9.69 Å². The number of carboxylic acid groups (broad SMARTS) is 1. The predicted molar refractivity (Wildman–Crippen MR) is 58.4 cm³/mol. The normalized spacial score (nSPS) is 18.7. The Bertz CT molecular complexity index is 524. The van der Waals surface area contributed by atoms with E-state index in [2.05, 4.69) is 0 Å². The van der Waals surface area contributed by atoms with Gasteiger partial charge >= 0.3 is 6.09 Å². The zero-order valence-corrected chi connectivity index (χ0v) is 9.70. The number of rotatable bonds is 2. The molecule has 1 fully saturated rings. The maximum absolute atomic E-state index is 13.0. The fourth-order valence-corrected chi connectivity index (χ4v) is 2.16. The smallest absolute Gasteiger partial charge is 0.407 e. The van der Waals surface area contributed by atoms with Crippen LogP contribution in [0.1, 0.15) is 23.2 Å². The van der Waals surface area contributed by atoms with Crippen molar-refractivity contribution in [2.45, 2.75) is 18.9 Å². The van der Waals surface area contributed by atoms with Gasteiger partial charge in [0.1, 0.15) is 0 Å². The van der Waals surface area contributed by atoms with Crippen molar-refractivity contribution in [3.63, 3.8) is 0 Å². The van der Waals surface area contributed by atoms with E-state index < -0.39 is 35.4 Å². The molecule has 1 aromatic carbocycles. The van der Waals surface area contributed by atoms with Crippen molar-refractivity contribution >= 4 is 11.9 Å². The number of likely N-dealkylation sites (tertiary alicyclic amines) is 1. The highest BCUT2D eigenvalue weighted by molar-refractivity contribution is 6.01. The molecular weight excluding hydrogens is 263 g/mol. The van der Waals surface area contributed by atoms with Crippen LogP contribution in [-0.4, -0.2) is 34.5 Å². The minimum absolute atomic E-state index is 0.192. The van der Waals surface area contributed by atoms with Gasteiger partial charge in [0.2, 0.25) is 0 Å². The molecule has 1 aromatic rings. The van der Waals surface area contributed by atoms with Crippen LogP contribution in [0.3, 0.4) is 0 Å². The van der Waals surface area contributed by atoms with Crippen LogP contribution < -0.4 is 0 Å². The van der Waals surface area contributed by atoms with Crippen LogP contribution in [0.4, 0.5) is 18.0 Å². The second kappa shape index (κ2) is 4.91. The second-order valence-electron chi connectivity index (χ2n) is 4.25. The first-order valence-corrected chi connectivity index (χ1v) is 5.60. The summed E-state index contributed by atoms with van der Waals surface area (Å²) in [7, 11) is 0. The Morgan fingerprint density at radius 3 is 2.32 bits per heavy atom. The van der Waals surface area contributed by atoms with E-state index in [0.29, 0.717) is 18.6 Å². The number of Topliss-reactive ketones (excluding diaryl/α,β-unsaturated/α-hetero) is 1. The quantitative estimate of drug-likeness (QED) is 0.665. The Labute approximate surface area is 106 Å². The second-order valence-corrected chi connectivity index (χ2v) is 4.25. The average molecular weight is 273 g/mol. The minimum Gasteiger partial charge on any atom is -0.465 e. The van der Waals surface area contributed by atoms with Crippen LogP contribution in [0, 0.1) is 17.5 Å². The number of benzene rings is 1. The maximum Gasteiger partial charge on any atom is 0.407 e. The molecule has 0 bridgehead atoms. The van der Waals surface area contributed by atoms with Crippen molar-refractivity contribution in [1.82, 2.24) is 4.90 Å². The molecule has 0 radical (unpaired) electrons. The third kappa shape index (κ3) is 2.40. The molecule has 4 nitrogen and oxygen atoms in total. The number of halogens is 3. The van der Waals surface area contributed by atoms with E-state index >= 15 is 0 Å². The molecule has 1 aliphatic rings. The Morgan fingerprint density at radius 1 is 1.21 bits per heavy atom. The minimum atomic E-state index is -1.65. The molecule has 1 N–H and O–H groups in total. The van der Waals surface area contributed by atoms with Crippen molar-refractivity contribution in [2.75, 3.05) is 6.54 Å². The Morgan fingerprint density at radius 2 is 1.79 bits per heavy atom. The average Bonchev–Trinajstić information content (AvgIpc) is 2.83. The van der Waals surface area contributed by atoms with Crippen LogP contribution in [0.5, 0.6) is 0 Å². The fraction of sp³-hybridized carbons (Fsp3) is 0.333. The summed E-state index contributed by atoms with van der Waals surface area (Å²) in [6.07, 6.45) is -0.487. The van der Waals surface area contributed by atoms with Crippen LogP contribution in [0.25, 0.3) is 0 Å². The van der Waals surface area contributed by atoms with Gasteiger partial charge < -0.3 is 5.11 Å².